The van der Waals surface area contributed by atoms with E-state index in [1.165, 1.54) is 10.5 Å². The molecule has 0 saturated carbocycles. The number of rotatable bonds is 6. The second-order valence-electron chi connectivity index (χ2n) is 8.43. The van der Waals surface area contributed by atoms with Gasteiger partial charge in [0.2, 0.25) is 0 Å². The monoisotopic (exact) mass is 458 g/mol. The van der Waals surface area contributed by atoms with Crippen molar-refractivity contribution in [2.75, 3.05) is 18.0 Å². The summed E-state index contributed by atoms with van der Waals surface area (Å²) in [6, 6.07) is 15.2. The zero-order chi connectivity index (χ0) is 22.9. The molecule has 0 bridgehead atoms. The van der Waals surface area contributed by atoms with Gasteiger partial charge in [-0.1, -0.05) is 48.0 Å². The number of amides is 2. The number of fused-ring (bicyclic) bond motifs is 3. The lowest BCUT2D eigenvalue weighted by atomic mass is 9.96. The molecular weight excluding hydrogens is 436 g/mol. The summed E-state index contributed by atoms with van der Waals surface area (Å²) in [4.78, 5) is 40.3. The van der Waals surface area contributed by atoms with Crippen LogP contribution < -0.4 is 4.90 Å². The Morgan fingerprint density at radius 2 is 1.52 bits per heavy atom. The van der Waals surface area contributed by atoms with Crippen LogP contribution >= 0.6 is 11.6 Å². The van der Waals surface area contributed by atoms with Crippen molar-refractivity contribution in [3.8, 4) is 0 Å². The topological polar surface area (TPSA) is 57.7 Å². The molecule has 0 N–H and O–H groups in total. The Hall–Kier alpha value is -3.44. The van der Waals surface area contributed by atoms with Crippen LogP contribution in [0.1, 0.15) is 45.5 Å². The van der Waals surface area contributed by atoms with Crippen molar-refractivity contribution in [2.45, 2.75) is 25.7 Å². The number of para-hydroxylation sites is 1. The Balaban J connectivity index is 1.33. The lowest BCUT2D eigenvalue weighted by molar-refractivity contribution is -0.105. The van der Waals surface area contributed by atoms with E-state index >= 15 is 0 Å². The summed E-state index contributed by atoms with van der Waals surface area (Å²) < 4.78 is 0. The molecule has 2 aromatic carbocycles. The van der Waals surface area contributed by atoms with Gasteiger partial charge in [-0.05, 0) is 54.7 Å². The number of carbonyl (C=O) groups excluding carboxylic acids is 3. The van der Waals surface area contributed by atoms with Crippen molar-refractivity contribution in [3.63, 3.8) is 0 Å². The third-order valence-electron chi connectivity index (χ3n) is 6.46. The molecule has 0 radical (unpaired) electrons. The molecule has 0 aromatic heterocycles. The van der Waals surface area contributed by atoms with E-state index in [4.69, 9.17) is 11.6 Å². The molecule has 166 valence electrons. The molecule has 2 heterocycles. The fraction of sp³-hybridized carbons (Fsp3) is 0.222. The van der Waals surface area contributed by atoms with Crippen molar-refractivity contribution < 1.29 is 14.4 Å². The van der Waals surface area contributed by atoms with Gasteiger partial charge in [-0.2, -0.15) is 0 Å². The number of benzene rings is 2. The third kappa shape index (κ3) is 3.83. The molecule has 2 amide bonds. The van der Waals surface area contributed by atoms with Crippen LogP contribution in [0.3, 0.4) is 0 Å². The minimum absolute atomic E-state index is 0.214. The highest BCUT2D eigenvalue weighted by molar-refractivity contribution is 6.33. The molecule has 2 aromatic rings. The van der Waals surface area contributed by atoms with Crippen molar-refractivity contribution in [1.82, 2.24) is 4.90 Å². The van der Waals surface area contributed by atoms with Gasteiger partial charge in [0.05, 0.1) is 11.1 Å². The summed E-state index contributed by atoms with van der Waals surface area (Å²) in [6.07, 6.45) is 7.68. The van der Waals surface area contributed by atoms with Crippen molar-refractivity contribution in [3.05, 3.63) is 99.2 Å². The van der Waals surface area contributed by atoms with Crippen LogP contribution in [-0.4, -0.2) is 36.1 Å². The van der Waals surface area contributed by atoms with Crippen molar-refractivity contribution in [2.24, 2.45) is 0 Å². The maximum atomic E-state index is 12.6. The number of hydrogen-bond donors (Lipinski definition) is 0. The predicted octanol–water partition coefficient (Wildman–Crippen LogP) is 5.03. The standard InChI is InChI=1S/C27H23ClN2O3/c28-23-16-25-19(15-20(23)17-31)12-11-18-7-1-4-10-24(18)29(25)13-5-6-14-30-26(32)21-8-2-3-9-22(21)27(30)33/h1-4,7-10,12,16-17H,5-6,11,13-15H2. The first-order valence-electron chi connectivity index (χ1n) is 11.1. The molecule has 1 aliphatic carbocycles. The maximum absolute atomic E-state index is 12.6. The average Bonchev–Trinajstić information content (AvgIpc) is 2.98. The van der Waals surface area contributed by atoms with Gasteiger partial charge in [-0.3, -0.25) is 19.3 Å². The van der Waals surface area contributed by atoms with E-state index in [9.17, 15) is 14.4 Å². The summed E-state index contributed by atoms with van der Waals surface area (Å²) in [6.45, 7) is 1.10. The molecule has 6 heteroatoms. The van der Waals surface area contributed by atoms with Gasteiger partial charge in [0, 0.05) is 41.5 Å². The van der Waals surface area contributed by atoms with Gasteiger partial charge in [-0.25, -0.2) is 0 Å². The van der Waals surface area contributed by atoms with Crippen LogP contribution in [-0.2, 0) is 11.2 Å². The molecular formula is C27H23ClN2O3. The number of allylic oxidation sites excluding steroid dienone is 5. The van der Waals surface area contributed by atoms with Crippen LogP contribution in [0.2, 0.25) is 0 Å². The number of halogens is 1. The molecule has 0 saturated heterocycles. The largest absolute Gasteiger partial charge is 0.341 e. The van der Waals surface area contributed by atoms with Gasteiger partial charge in [0.1, 0.15) is 6.29 Å². The normalized spacial score (nSPS) is 17.2. The highest BCUT2D eigenvalue weighted by Gasteiger charge is 2.34. The molecule has 0 spiro atoms. The highest BCUT2D eigenvalue weighted by atomic mass is 35.5. The van der Waals surface area contributed by atoms with E-state index in [0.717, 1.165) is 36.1 Å². The Morgan fingerprint density at radius 1 is 0.879 bits per heavy atom. The number of hydrogen-bond acceptors (Lipinski definition) is 4. The molecule has 0 fully saturated rings. The van der Waals surface area contributed by atoms with E-state index in [0.29, 0.717) is 47.7 Å². The molecule has 5 nitrogen and oxygen atoms in total. The first kappa shape index (κ1) is 21.4. The Morgan fingerprint density at radius 3 is 2.21 bits per heavy atom. The van der Waals surface area contributed by atoms with E-state index in [-0.39, 0.29) is 11.8 Å². The number of aldehydes is 1. The summed E-state index contributed by atoms with van der Waals surface area (Å²) in [5, 5.41) is 0.479. The highest BCUT2D eigenvalue weighted by Crippen LogP contribution is 2.38. The van der Waals surface area contributed by atoms with Gasteiger partial charge in [-0.15, -0.1) is 0 Å². The van der Waals surface area contributed by atoms with Crippen LogP contribution in [0.5, 0.6) is 0 Å². The SMILES string of the molecule is O=CC1=C(Cl)C=C2C(=CCc3ccccc3N2CCCCN2C(=O)c3ccccc3C2=O)C1. The minimum Gasteiger partial charge on any atom is -0.341 e. The van der Waals surface area contributed by atoms with E-state index in [1.54, 1.807) is 24.3 Å². The quantitative estimate of drug-likeness (QED) is 0.346. The average molecular weight is 459 g/mol. The van der Waals surface area contributed by atoms with Gasteiger partial charge in [0.15, 0.2) is 0 Å². The van der Waals surface area contributed by atoms with E-state index in [1.807, 2.05) is 18.2 Å². The number of imide groups is 1. The molecule has 0 atom stereocenters. The predicted molar refractivity (Wildman–Crippen MR) is 128 cm³/mol. The van der Waals surface area contributed by atoms with Crippen LogP contribution in [0.15, 0.2) is 82.6 Å². The van der Waals surface area contributed by atoms with Crippen LogP contribution in [0.4, 0.5) is 5.69 Å². The molecule has 0 unspecified atom stereocenters. The lowest BCUT2D eigenvalue weighted by Crippen LogP contribution is -2.32. The van der Waals surface area contributed by atoms with Crippen LogP contribution in [0, 0.1) is 0 Å². The lowest BCUT2D eigenvalue weighted by Gasteiger charge is -2.31. The Labute approximate surface area is 197 Å². The molecule has 2 aliphatic heterocycles. The summed E-state index contributed by atoms with van der Waals surface area (Å²) >= 11 is 6.41. The van der Waals surface area contributed by atoms with E-state index < -0.39 is 0 Å². The zero-order valence-electron chi connectivity index (χ0n) is 18.1. The van der Waals surface area contributed by atoms with Gasteiger partial charge >= 0.3 is 0 Å². The van der Waals surface area contributed by atoms with Crippen molar-refractivity contribution in [1.29, 1.82) is 0 Å². The molecule has 33 heavy (non-hydrogen) atoms. The third-order valence-corrected chi connectivity index (χ3v) is 6.81. The smallest absolute Gasteiger partial charge is 0.261 e. The number of unbranched alkanes of at least 4 members (excludes halogenated alkanes) is 1. The minimum atomic E-state index is -0.214. The van der Waals surface area contributed by atoms with Crippen molar-refractivity contribution >= 4 is 35.4 Å². The van der Waals surface area contributed by atoms with Crippen LogP contribution in [0.25, 0.3) is 0 Å². The molecule has 3 aliphatic rings. The summed E-state index contributed by atoms with van der Waals surface area (Å²) in [5.41, 5.74) is 6.01. The number of carbonyl (C=O) groups is 3. The Kier molecular flexibility index (Phi) is 5.73. The Bertz CT molecular complexity index is 1220. The summed E-state index contributed by atoms with van der Waals surface area (Å²) in [5.74, 6) is -0.427. The molecule has 5 rings (SSSR count). The second kappa shape index (κ2) is 8.83. The zero-order valence-corrected chi connectivity index (χ0v) is 18.8. The number of nitrogens with zero attached hydrogens (tertiary/aromatic N) is 2. The summed E-state index contributed by atoms with van der Waals surface area (Å²) in [7, 11) is 0. The van der Waals surface area contributed by atoms with Gasteiger partial charge < -0.3 is 4.90 Å². The fourth-order valence-electron chi connectivity index (χ4n) is 4.74. The van der Waals surface area contributed by atoms with Gasteiger partial charge in [0.25, 0.3) is 11.8 Å². The van der Waals surface area contributed by atoms with E-state index in [2.05, 4.69) is 23.1 Å². The second-order valence-corrected chi connectivity index (χ2v) is 8.83. The first-order chi connectivity index (χ1) is 16.1. The number of anilines is 1. The fourth-order valence-corrected chi connectivity index (χ4v) is 4.96. The first-order valence-corrected chi connectivity index (χ1v) is 11.5. The maximum Gasteiger partial charge on any atom is 0.261 e.